The van der Waals surface area contributed by atoms with E-state index < -0.39 is 38.5 Å². The number of halogens is 1. The van der Waals surface area contributed by atoms with Crippen molar-refractivity contribution in [1.82, 2.24) is 4.98 Å². The van der Waals surface area contributed by atoms with Gasteiger partial charge in [0.05, 0.1) is 19.8 Å². The second-order valence-electron chi connectivity index (χ2n) is 12.0. The van der Waals surface area contributed by atoms with Gasteiger partial charge in [-0.1, -0.05) is 88.4 Å². The molecule has 0 saturated carbocycles. The number of hydrogen-bond acceptors (Lipinski definition) is 7. The Balaban J connectivity index is 2.01. The molecule has 42 heavy (non-hydrogen) atoms. The predicted molar refractivity (Wildman–Crippen MR) is 172 cm³/mol. The first-order valence-electron chi connectivity index (χ1n) is 14.2. The molecule has 3 unspecified atom stereocenters. The summed E-state index contributed by atoms with van der Waals surface area (Å²) in [5.74, 6) is -0.0695. The number of rotatable bonds is 13. The van der Waals surface area contributed by atoms with E-state index in [0.717, 1.165) is 10.0 Å². The van der Waals surface area contributed by atoms with E-state index in [1.165, 1.54) is 24.4 Å². The second-order valence-corrected chi connectivity index (χ2v) is 17.1. The number of benzene rings is 2. The average molecular weight is 659 g/mol. The van der Waals surface area contributed by atoms with Crippen LogP contribution in [0.5, 0.6) is 5.75 Å². The summed E-state index contributed by atoms with van der Waals surface area (Å²) in [5, 5.41) is 23.5. The SMILES string of the molecule is COc1c(C(OC(C)=O)C(C)(CCCO[Si](c2ccccc2)(c2ccccc2)C(C)(C)C)C(O)CO)ncc(Br)c1C. The Morgan fingerprint density at radius 3 is 2.02 bits per heavy atom. The number of esters is 1. The lowest BCUT2D eigenvalue weighted by Crippen LogP contribution is -2.66. The number of hydrogen-bond donors (Lipinski definition) is 2. The molecule has 3 atom stereocenters. The fourth-order valence-electron chi connectivity index (χ4n) is 5.82. The van der Waals surface area contributed by atoms with Crippen LogP contribution in [0.2, 0.25) is 5.04 Å². The summed E-state index contributed by atoms with van der Waals surface area (Å²) in [6, 6.07) is 20.8. The molecule has 2 aromatic carbocycles. The van der Waals surface area contributed by atoms with Gasteiger partial charge in [-0.25, -0.2) is 0 Å². The third-order valence-corrected chi connectivity index (χ3v) is 14.0. The van der Waals surface area contributed by atoms with Gasteiger partial charge in [-0.05, 0) is 51.1 Å². The highest BCUT2D eigenvalue weighted by Crippen LogP contribution is 2.47. The molecule has 3 aromatic rings. The molecule has 0 radical (unpaired) electrons. The van der Waals surface area contributed by atoms with E-state index in [0.29, 0.717) is 30.9 Å². The number of aromatic nitrogens is 1. The minimum absolute atomic E-state index is 0.184. The van der Waals surface area contributed by atoms with Gasteiger partial charge in [0, 0.05) is 35.2 Å². The van der Waals surface area contributed by atoms with Gasteiger partial charge in [0.2, 0.25) is 0 Å². The maximum absolute atomic E-state index is 12.4. The third-order valence-electron chi connectivity index (χ3n) is 8.11. The first kappa shape index (κ1) is 33.9. The third kappa shape index (κ3) is 6.97. The fourth-order valence-corrected chi connectivity index (χ4v) is 10.7. The summed E-state index contributed by atoms with van der Waals surface area (Å²) in [4.78, 5) is 16.9. The van der Waals surface area contributed by atoms with E-state index in [2.05, 4.69) is 66.0 Å². The van der Waals surface area contributed by atoms with Gasteiger partial charge in [0.15, 0.2) is 6.10 Å². The van der Waals surface area contributed by atoms with Gasteiger partial charge in [-0.15, -0.1) is 0 Å². The maximum atomic E-state index is 12.4. The Bertz CT molecular complexity index is 1280. The molecule has 0 aliphatic carbocycles. The van der Waals surface area contributed by atoms with Crippen molar-refractivity contribution in [3.05, 3.63) is 82.6 Å². The Hall–Kier alpha value is -2.56. The molecule has 0 spiro atoms. The van der Waals surface area contributed by atoms with Gasteiger partial charge in [-0.2, -0.15) is 0 Å². The first-order chi connectivity index (χ1) is 19.8. The summed E-state index contributed by atoms with van der Waals surface area (Å²) < 4.78 is 19.3. The Labute approximate surface area is 259 Å². The Morgan fingerprint density at radius 2 is 1.57 bits per heavy atom. The van der Waals surface area contributed by atoms with Crippen LogP contribution in [0, 0.1) is 12.3 Å². The molecule has 7 nitrogen and oxygen atoms in total. The van der Waals surface area contributed by atoms with Gasteiger partial charge >= 0.3 is 5.97 Å². The molecule has 0 aliphatic rings. The second kappa shape index (κ2) is 14.3. The molecule has 1 aromatic heterocycles. The zero-order valence-corrected chi connectivity index (χ0v) is 28.3. The minimum atomic E-state index is -2.76. The standard InChI is InChI=1S/C33H44BrNO6Si/c1-23-27(34)21-35-29(30(23)39-7)31(41-24(2)37)33(6,28(38)22-36)19-14-20-40-42(32(3,4)5,25-15-10-8-11-16-25)26-17-12-9-13-18-26/h8-13,15-18,21,28,31,36,38H,14,19-20,22H2,1-7H3. The van der Waals surface area contributed by atoms with Crippen molar-refractivity contribution in [3.8, 4) is 5.75 Å². The van der Waals surface area contributed by atoms with Crippen molar-refractivity contribution in [3.63, 3.8) is 0 Å². The van der Waals surface area contributed by atoms with Crippen molar-refractivity contribution in [2.45, 2.75) is 71.6 Å². The van der Waals surface area contributed by atoms with Crippen LogP contribution in [0.25, 0.3) is 0 Å². The van der Waals surface area contributed by atoms with Crippen molar-refractivity contribution >= 4 is 40.6 Å². The number of aliphatic hydroxyl groups excluding tert-OH is 2. The quantitative estimate of drug-likeness (QED) is 0.143. The lowest BCUT2D eigenvalue weighted by atomic mass is 9.73. The summed E-state index contributed by atoms with van der Waals surface area (Å²) in [6.45, 7) is 11.6. The first-order valence-corrected chi connectivity index (χ1v) is 16.9. The molecule has 3 rings (SSSR count). The number of ether oxygens (including phenoxy) is 2. The molecular weight excluding hydrogens is 614 g/mol. The summed E-state index contributed by atoms with van der Waals surface area (Å²) in [6.07, 6.45) is 0.358. The molecule has 2 N–H and O–H groups in total. The Morgan fingerprint density at radius 1 is 1.02 bits per heavy atom. The summed E-state index contributed by atoms with van der Waals surface area (Å²) in [7, 11) is -1.23. The van der Waals surface area contributed by atoms with Crippen LogP contribution in [0.4, 0.5) is 0 Å². The van der Waals surface area contributed by atoms with Crippen LogP contribution in [-0.4, -0.2) is 55.9 Å². The van der Waals surface area contributed by atoms with Crippen molar-refractivity contribution in [2.24, 2.45) is 5.41 Å². The van der Waals surface area contributed by atoms with Crippen LogP contribution in [-0.2, 0) is 14.0 Å². The number of carbonyl (C=O) groups excluding carboxylic acids is 1. The predicted octanol–water partition coefficient (Wildman–Crippen LogP) is 5.48. The number of nitrogens with zero attached hydrogens (tertiary/aromatic N) is 1. The number of pyridine rings is 1. The molecular formula is C33H44BrNO6Si. The van der Waals surface area contributed by atoms with Gasteiger partial charge < -0.3 is 24.1 Å². The van der Waals surface area contributed by atoms with Crippen molar-refractivity contribution in [1.29, 1.82) is 0 Å². The van der Waals surface area contributed by atoms with E-state index in [9.17, 15) is 15.0 Å². The molecule has 0 amide bonds. The van der Waals surface area contributed by atoms with Crippen molar-refractivity contribution in [2.75, 3.05) is 20.3 Å². The molecule has 1 heterocycles. The van der Waals surface area contributed by atoms with Crippen molar-refractivity contribution < 1.29 is 28.9 Å². The molecule has 9 heteroatoms. The van der Waals surface area contributed by atoms with Crippen LogP contribution in [0.15, 0.2) is 71.3 Å². The van der Waals surface area contributed by atoms with Gasteiger partial charge in [0.1, 0.15) is 11.4 Å². The zero-order chi connectivity index (χ0) is 31.1. The average Bonchev–Trinajstić information content (AvgIpc) is 2.97. The van der Waals surface area contributed by atoms with Crippen LogP contribution < -0.4 is 15.1 Å². The number of methoxy groups -OCH3 is 1. The lowest BCUT2D eigenvalue weighted by molar-refractivity contribution is -0.164. The molecule has 0 bridgehead atoms. The topological polar surface area (TPSA) is 98.1 Å². The number of aliphatic hydroxyl groups is 2. The van der Waals surface area contributed by atoms with Gasteiger partial charge in [0.25, 0.3) is 8.32 Å². The largest absolute Gasteiger partial charge is 0.494 e. The lowest BCUT2D eigenvalue weighted by Gasteiger charge is -2.44. The number of carbonyl (C=O) groups is 1. The van der Waals surface area contributed by atoms with Gasteiger partial charge in [-0.3, -0.25) is 9.78 Å². The molecule has 228 valence electrons. The molecule has 0 fully saturated rings. The normalized spacial score (nSPS) is 15.0. The fraction of sp³-hybridized carbons (Fsp3) is 0.455. The zero-order valence-electron chi connectivity index (χ0n) is 25.7. The monoisotopic (exact) mass is 657 g/mol. The van der Waals surface area contributed by atoms with E-state index in [1.54, 1.807) is 6.20 Å². The minimum Gasteiger partial charge on any atom is -0.494 e. The van der Waals surface area contributed by atoms with E-state index in [-0.39, 0.29) is 5.04 Å². The highest BCUT2D eigenvalue weighted by Gasteiger charge is 2.50. The summed E-state index contributed by atoms with van der Waals surface area (Å²) in [5.41, 5.74) is 0.0716. The van der Waals surface area contributed by atoms with Crippen LogP contribution >= 0.6 is 15.9 Å². The maximum Gasteiger partial charge on any atom is 0.303 e. The highest BCUT2D eigenvalue weighted by molar-refractivity contribution is 9.10. The smallest absolute Gasteiger partial charge is 0.303 e. The molecule has 0 saturated heterocycles. The van der Waals surface area contributed by atoms with E-state index >= 15 is 0 Å². The van der Waals surface area contributed by atoms with E-state index in [1.807, 2.05) is 50.2 Å². The van der Waals surface area contributed by atoms with Crippen LogP contribution in [0.1, 0.15) is 64.8 Å². The highest BCUT2D eigenvalue weighted by atomic mass is 79.9. The molecule has 0 aliphatic heterocycles. The summed E-state index contributed by atoms with van der Waals surface area (Å²) >= 11 is 3.49. The van der Waals surface area contributed by atoms with E-state index in [4.69, 9.17) is 13.9 Å². The Kier molecular flexibility index (Phi) is 11.5. The van der Waals surface area contributed by atoms with Crippen LogP contribution in [0.3, 0.4) is 0 Å².